The molecule has 1 aromatic rings. The normalized spacial score (nSPS) is 12.2. The molecule has 1 heterocycles. The topological polar surface area (TPSA) is 29.5 Å². The second-order valence-corrected chi connectivity index (χ2v) is 2.95. The van der Waals surface area contributed by atoms with Gasteiger partial charge in [0.05, 0.1) is 13.2 Å². The number of aliphatic hydroxyl groups excluding tert-OH is 1. The Hall–Kier alpha value is -0.570. The standard InChI is InChI=1S/C10H12O.CH4O.ClH/c1-2-8-3-4-9-6-11-7-10(9)5-8;1-2;/h3-5H,2,6-7H2,1H3;2H,1H3;1H. The monoisotopic (exact) mass is 216 g/mol. The first-order chi connectivity index (χ1) is 6.40. The van der Waals surface area contributed by atoms with Crippen LogP contribution in [0.25, 0.3) is 0 Å². The smallest absolute Gasteiger partial charge is 0.0725 e. The third-order valence-corrected chi connectivity index (χ3v) is 2.19. The molecule has 0 amide bonds. The highest BCUT2D eigenvalue weighted by molar-refractivity contribution is 5.85. The fraction of sp³-hybridized carbons (Fsp3) is 0.455. The van der Waals surface area contributed by atoms with Crippen LogP contribution in [0.3, 0.4) is 0 Å². The third-order valence-electron chi connectivity index (χ3n) is 2.19. The molecule has 2 rings (SSSR count). The number of benzene rings is 1. The summed E-state index contributed by atoms with van der Waals surface area (Å²) in [5, 5.41) is 7.00. The molecule has 80 valence electrons. The predicted molar refractivity (Wildman–Crippen MR) is 59.7 cm³/mol. The molecule has 1 aliphatic rings. The van der Waals surface area contributed by atoms with Gasteiger partial charge >= 0.3 is 0 Å². The summed E-state index contributed by atoms with van der Waals surface area (Å²) in [5.74, 6) is 0. The summed E-state index contributed by atoms with van der Waals surface area (Å²) in [6, 6.07) is 6.62. The van der Waals surface area contributed by atoms with E-state index < -0.39 is 0 Å². The van der Waals surface area contributed by atoms with Gasteiger partial charge in [0.2, 0.25) is 0 Å². The van der Waals surface area contributed by atoms with Crippen molar-refractivity contribution in [2.24, 2.45) is 0 Å². The molecule has 0 fully saturated rings. The minimum absolute atomic E-state index is 0. The second kappa shape index (κ2) is 6.82. The van der Waals surface area contributed by atoms with E-state index in [4.69, 9.17) is 9.84 Å². The van der Waals surface area contributed by atoms with E-state index in [-0.39, 0.29) is 12.4 Å². The zero-order chi connectivity index (χ0) is 9.68. The number of hydrogen-bond acceptors (Lipinski definition) is 2. The Kier molecular flexibility index (Phi) is 6.54. The molecule has 0 radical (unpaired) electrons. The van der Waals surface area contributed by atoms with Gasteiger partial charge in [-0.15, -0.1) is 12.4 Å². The quantitative estimate of drug-likeness (QED) is 0.781. The highest BCUT2D eigenvalue weighted by Crippen LogP contribution is 2.20. The fourth-order valence-electron chi connectivity index (χ4n) is 1.45. The first-order valence-corrected chi connectivity index (χ1v) is 4.53. The van der Waals surface area contributed by atoms with Crippen molar-refractivity contribution in [1.29, 1.82) is 0 Å². The van der Waals surface area contributed by atoms with Gasteiger partial charge in [-0.25, -0.2) is 0 Å². The predicted octanol–water partition coefficient (Wildman–Crippen LogP) is 2.31. The van der Waals surface area contributed by atoms with Crippen molar-refractivity contribution < 1.29 is 9.84 Å². The van der Waals surface area contributed by atoms with Gasteiger partial charge in [-0.05, 0) is 23.1 Å². The average molecular weight is 217 g/mol. The molecule has 0 atom stereocenters. The molecule has 1 aliphatic heterocycles. The average Bonchev–Trinajstić information content (AvgIpc) is 2.67. The van der Waals surface area contributed by atoms with E-state index in [0.717, 1.165) is 26.7 Å². The lowest BCUT2D eigenvalue weighted by atomic mass is 10.1. The molecule has 0 saturated heterocycles. The Morgan fingerprint density at radius 1 is 1.21 bits per heavy atom. The molecule has 1 N–H and O–H groups in total. The van der Waals surface area contributed by atoms with Gasteiger partial charge in [-0.2, -0.15) is 0 Å². The number of hydrogen-bond donors (Lipinski definition) is 1. The van der Waals surface area contributed by atoms with Crippen LogP contribution in [0, 0.1) is 0 Å². The summed E-state index contributed by atoms with van der Waals surface area (Å²) in [4.78, 5) is 0. The van der Waals surface area contributed by atoms with E-state index in [9.17, 15) is 0 Å². The highest BCUT2D eigenvalue weighted by atomic mass is 35.5. The number of rotatable bonds is 1. The van der Waals surface area contributed by atoms with Gasteiger partial charge in [0.25, 0.3) is 0 Å². The number of halogens is 1. The van der Waals surface area contributed by atoms with Crippen molar-refractivity contribution in [3.63, 3.8) is 0 Å². The van der Waals surface area contributed by atoms with Crippen LogP contribution < -0.4 is 0 Å². The highest BCUT2D eigenvalue weighted by Gasteiger charge is 2.09. The van der Waals surface area contributed by atoms with Gasteiger partial charge < -0.3 is 9.84 Å². The zero-order valence-electron chi connectivity index (χ0n) is 8.62. The summed E-state index contributed by atoms with van der Waals surface area (Å²) >= 11 is 0. The summed E-state index contributed by atoms with van der Waals surface area (Å²) in [6.07, 6.45) is 1.12. The third kappa shape index (κ3) is 2.98. The molecular formula is C11H17ClO2. The summed E-state index contributed by atoms with van der Waals surface area (Å²) in [6.45, 7) is 3.79. The lowest BCUT2D eigenvalue weighted by molar-refractivity contribution is 0.134. The van der Waals surface area contributed by atoms with Crippen molar-refractivity contribution in [1.82, 2.24) is 0 Å². The summed E-state index contributed by atoms with van der Waals surface area (Å²) < 4.78 is 5.31. The SMILES string of the molecule is CCc1ccc2c(c1)COC2.CO.Cl. The largest absolute Gasteiger partial charge is 0.400 e. The Morgan fingerprint density at radius 3 is 2.50 bits per heavy atom. The minimum Gasteiger partial charge on any atom is -0.400 e. The van der Waals surface area contributed by atoms with E-state index in [2.05, 4.69) is 25.1 Å². The molecule has 0 unspecified atom stereocenters. The lowest BCUT2D eigenvalue weighted by Gasteiger charge is -1.99. The number of ether oxygens (including phenoxy) is 1. The van der Waals surface area contributed by atoms with Crippen molar-refractivity contribution in [2.75, 3.05) is 7.11 Å². The van der Waals surface area contributed by atoms with Crippen LogP contribution in [-0.4, -0.2) is 12.2 Å². The van der Waals surface area contributed by atoms with E-state index in [1.165, 1.54) is 16.7 Å². The van der Waals surface area contributed by atoms with E-state index in [1.807, 2.05) is 0 Å². The molecule has 0 aromatic heterocycles. The van der Waals surface area contributed by atoms with Gasteiger partial charge in [0.15, 0.2) is 0 Å². The number of aliphatic hydroxyl groups is 1. The van der Waals surface area contributed by atoms with Crippen molar-refractivity contribution in [2.45, 2.75) is 26.6 Å². The maximum Gasteiger partial charge on any atom is 0.0725 e. The van der Waals surface area contributed by atoms with Crippen LogP contribution in [0.15, 0.2) is 18.2 Å². The molecule has 3 heteroatoms. The van der Waals surface area contributed by atoms with Crippen molar-refractivity contribution in [3.8, 4) is 0 Å². The zero-order valence-corrected chi connectivity index (χ0v) is 9.43. The summed E-state index contributed by atoms with van der Waals surface area (Å²) in [5.41, 5.74) is 4.15. The van der Waals surface area contributed by atoms with Crippen LogP contribution in [0.5, 0.6) is 0 Å². The van der Waals surface area contributed by atoms with Crippen molar-refractivity contribution in [3.05, 3.63) is 34.9 Å². The molecule has 14 heavy (non-hydrogen) atoms. The number of fused-ring (bicyclic) bond motifs is 1. The van der Waals surface area contributed by atoms with Crippen LogP contribution in [0.1, 0.15) is 23.6 Å². The maximum absolute atomic E-state index is 7.00. The van der Waals surface area contributed by atoms with Gasteiger partial charge in [0.1, 0.15) is 0 Å². The Morgan fingerprint density at radius 2 is 1.86 bits per heavy atom. The molecule has 0 bridgehead atoms. The Bertz CT molecular complexity index is 274. The van der Waals surface area contributed by atoms with Gasteiger partial charge in [-0.3, -0.25) is 0 Å². The molecule has 0 spiro atoms. The summed E-state index contributed by atoms with van der Waals surface area (Å²) in [7, 11) is 1.00. The van der Waals surface area contributed by atoms with Crippen LogP contribution in [0.2, 0.25) is 0 Å². The second-order valence-electron chi connectivity index (χ2n) is 2.95. The maximum atomic E-state index is 7.00. The van der Waals surface area contributed by atoms with Crippen LogP contribution in [-0.2, 0) is 24.4 Å². The first kappa shape index (κ1) is 13.4. The lowest BCUT2D eigenvalue weighted by Crippen LogP contribution is -1.85. The minimum atomic E-state index is 0. The Balaban J connectivity index is 0.000000531. The molecule has 0 saturated carbocycles. The van der Waals surface area contributed by atoms with E-state index >= 15 is 0 Å². The van der Waals surface area contributed by atoms with Crippen molar-refractivity contribution >= 4 is 12.4 Å². The Labute approximate surface area is 91.3 Å². The molecule has 2 nitrogen and oxygen atoms in total. The van der Waals surface area contributed by atoms with E-state index in [0.29, 0.717) is 0 Å². The van der Waals surface area contributed by atoms with Gasteiger partial charge in [0, 0.05) is 7.11 Å². The van der Waals surface area contributed by atoms with Gasteiger partial charge in [-0.1, -0.05) is 25.1 Å². The molecular weight excluding hydrogens is 200 g/mol. The first-order valence-electron chi connectivity index (χ1n) is 4.53. The van der Waals surface area contributed by atoms with E-state index in [1.54, 1.807) is 0 Å². The number of aryl methyl sites for hydroxylation is 1. The van der Waals surface area contributed by atoms with Crippen LogP contribution in [0.4, 0.5) is 0 Å². The molecule has 0 aliphatic carbocycles. The van der Waals surface area contributed by atoms with Crippen LogP contribution >= 0.6 is 12.4 Å². The molecule has 1 aromatic carbocycles. The fourth-order valence-corrected chi connectivity index (χ4v) is 1.45.